The first-order valence-electron chi connectivity index (χ1n) is 5.98. The Bertz CT molecular complexity index is 558. The summed E-state index contributed by atoms with van der Waals surface area (Å²) in [5.41, 5.74) is 1.52. The average molecular weight is 315 g/mol. The van der Waals surface area contributed by atoms with Gasteiger partial charge < -0.3 is 4.74 Å². The Labute approximate surface area is 125 Å². The van der Waals surface area contributed by atoms with Gasteiger partial charge in [0.1, 0.15) is 11.3 Å². The van der Waals surface area contributed by atoms with Gasteiger partial charge in [0.2, 0.25) is 5.95 Å². The van der Waals surface area contributed by atoms with Gasteiger partial charge in [0.05, 0.1) is 10.7 Å². The number of aromatic nitrogens is 2. The van der Waals surface area contributed by atoms with Gasteiger partial charge in [0.15, 0.2) is 5.03 Å². The number of carbonyl (C=O) groups is 1. The van der Waals surface area contributed by atoms with Crippen LogP contribution in [0.1, 0.15) is 26.5 Å². The van der Waals surface area contributed by atoms with Crippen molar-refractivity contribution in [3.05, 3.63) is 15.8 Å². The molecule has 0 radical (unpaired) electrons. The molecule has 0 aromatic carbocycles. The van der Waals surface area contributed by atoms with E-state index in [9.17, 15) is 14.9 Å². The quantitative estimate of drug-likeness (QED) is 0.206. The molecule has 0 aliphatic carbocycles. The predicted molar refractivity (Wildman–Crippen MR) is 77.8 cm³/mol. The third-order valence-electron chi connectivity index (χ3n) is 2.08. The average Bonchev–Trinajstić information content (AvgIpc) is 2.32. The molecule has 0 aliphatic rings. The maximum absolute atomic E-state index is 11.7. The van der Waals surface area contributed by atoms with Crippen molar-refractivity contribution in [1.29, 1.82) is 0 Å². The molecular weight excluding hydrogens is 298 g/mol. The lowest BCUT2D eigenvalue weighted by molar-refractivity contribution is -0.389. The Hall–Kier alpha value is -1.94. The van der Waals surface area contributed by atoms with Crippen LogP contribution < -0.4 is 11.3 Å². The molecule has 0 saturated carbocycles. The lowest BCUT2D eigenvalue weighted by Crippen LogP contribution is -2.25. The molecule has 0 fully saturated rings. The zero-order chi connectivity index (χ0) is 16.2. The maximum atomic E-state index is 11.7. The molecule has 0 bridgehead atoms. The van der Waals surface area contributed by atoms with Gasteiger partial charge in [-0.05, 0) is 27.7 Å². The first kappa shape index (κ1) is 17.1. The van der Waals surface area contributed by atoms with E-state index >= 15 is 0 Å². The number of ether oxygens (including phenoxy) is 1. The summed E-state index contributed by atoms with van der Waals surface area (Å²) in [6.45, 7) is 6.69. The van der Waals surface area contributed by atoms with Gasteiger partial charge in [-0.15, -0.1) is 0 Å². The van der Waals surface area contributed by atoms with E-state index in [1.807, 2.05) is 0 Å². The van der Waals surface area contributed by atoms with Crippen LogP contribution >= 0.6 is 11.8 Å². The lowest BCUT2D eigenvalue weighted by atomic mass is 10.2. The molecule has 116 valence electrons. The molecule has 1 aromatic rings. The van der Waals surface area contributed by atoms with E-state index in [1.54, 1.807) is 20.8 Å². The molecular formula is C11H17N5O4S. The fourth-order valence-corrected chi connectivity index (χ4v) is 2.24. The fraction of sp³-hybridized carbons (Fsp3) is 0.545. The lowest BCUT2D eigenvalue weighted by Gasteiger charge is -2.19. The molecule has 0 amide bonds. The second-order valence-electron chi connectivity index (χ2n) is 5.06. The number of nitrogen functional groups attached to an aromatic ring is 1. The van der Waals surface area contributed by atoms with E-state index in [2.05, 4.69) is 15.4 Å². The molecule has 3 N–H and O–H groups in total. The highest BCUT2D eigenvalue weighted by molar-refractivity contribution is 8.00. The van der Waals surface area contributed by atoms with Crippen LogP contribution in [0.4, 0.5) is 11.6 Å². The molecule has 1 aromatic heterocycles. The Balaban J connectivity index is 2.94. The minimum Gasteiger partial charge on any atom is -0.459 e. The number of esters is 1. The van der Waals surface area contributed by atoms with Crippen molar-refractivity contribution in [3.8, 4) is 0 Å². The number of hydrogen-bond acceptors (Lipinski definition) is 9. The first-order valence-corrected chi connectivity index (χ1v) is 6.97. The molecule has 0 saturated heterocycles. The minimum absolute atomic E-state index is 0.0461. The maximum Gasteiger partial charge on any atom is 0.322 e. The SMILES string of the molecule is Cc1nc(NN)nc(SCC(=O)OC(C)(C)C)c1[N+](=O)[O-]. The van der Waals surface area contributed by atoms with Crippen molar-refractivity contribution in [1.82, 2.24) is 9.97 Å². The highest BCUT2D eigenvalue weighted by Crippen LogP contribution is 2.30. The van der Waals surface area contributed by atoms with Crippen molar-refractivity contribution in [3.63, 3.8) is 0 Å². The Morgan fingerprint density at radius 3 is 2.57 bits per heavy atom. The minimum atomic E-state index is -0.616. The molecule has 0 atom stereocenters. The monoisotopic (exact) mass is 315 g/mol. The zero-order valence-corrected chi connectivity index (χ0v) is 13.0. The number of rotatable bonds is 5. The van der Waals surface area contributed by atoms with Crippen LogP contribution in [0, 0.1) is 17.0 Å². The molecule has 1 heterocycles. The van der Waals surface area contributed by atoms with Crippen molar-refractivity contribution >= 4 is 29.4 Å². The number of anilines is 1. The smallest absolute Gasteiger partial charge is 0.322 e. The Morgan fingerprint density at radius 2 is 2.10 bits per heavy atom. The normalized spacial score (nSPS) is 11.1. The molecule has 0 spiro atoms. The number of nitrogens with two attached hydrogens (primary N) is 1. The summed E-state index contributed by atoms with van der Waals surface area (Å²) in [7, 11) is 0. The van der Waals surface area contributed by atoms with Gasteiger partial charge in [-0.25, -0.2) is 10.8 Å². The summed E-state index contributed by atoms with van der Waals surface area (Å²) < 4.78 is 5.13. The van der Waals surface area contributed by atoms with Crippen LogP contribution in [0.25, 0.3) is 0 Å². The standard InChI is InChI=1S/C11H17N5O4S/c1-6-8(16(18)19)9(14-10(13-6)15-12)21-5-7(17)20-11(2,3)4/h5,12H2,1-4H3,(H,13,14,15). The largest absolute Gasteiger partial charge is 0.459 e. The van der Waals surface area contributed by atoms with Crippen LogP contribution in [0.2, 0.25) is 0 Å². The summed E-state index contributed by atoms with van der Waals surface area (Å²) in [4.78, 5) is 29.9. The van der Waals surface area contributed by atoms with Crippen LogP contribution in [-0.2, 0) is 9.53 Å². The van der Waals surface area contributed by atoms with E-state index in [0.717, 1.165) is 11.8 Å². The van der Waals surface area contributed by atoms with E-state index in [-0.39, 0.29) is 28.1 Å². The van der Waals surface area contributed by atoms with Gasteiger partial charge >= 0.3 is 11.7 Å². The number of nitrogens with one attached hydrogen (secondary N) is 1. The number of hydrazine groups is 1. The topological polar surface area (TPSA) is 133 Å². The van der Waals surface area contributed by atoms with E-state index in [4.69, 9.17) is 10.6 Å². The zero-order valence-electron chi connectivity index (χ0n) is 12.2. The van der Waals surface area contributed by atoms with E-state index in [1.165, 1.54) is 6.92 Å². The van der Waals surface area contributed by atoms with Gasteiger partial charge in [-0.2, -0.15) is 4.98 Å². The van der Waals surface area contributed by atoms with Crippen LogP contribution in [0.15, 0.2) is 5.03 Å². The molecule has 0 unspecified atom stereocenters. The molecule has 10 heteroatoms. The molecule has 9 nitrogen and oxygen atoms in total. The predicted octanol–water partition coefficient (Wildman–Crippen LogP) is 1.41. The second-order valence-corrected chi connectivity index (χ2v) is 6.03. The Morgan fingerprint density at radius 1 is 1.48 bits per heavy atom. The number of carbonyl (C=O) groups excluding carboxylic acids is 1. The third-order valence-corrected chi connectivity index (χ3v) is 3.02. The van der Waals surface area contributed by atoms with Gasteiger partial charge in [-0.3, -0.25) is 20.3 Å². The number of aryl methyl sites for hydroxylation is 1. The molecule has 0 aliphatic heterocycles. The number of nitro groups is 1. The molecule has 1 rings (SSSR count). The van der Waals surface area contributed by atoms with Crippen molar-refractivity contribution in [2.24, 2.45) is 5.84 Å². The van der Waals surface area contributed by atoms with Crippen molar-refractivity contribution in [2.45, 2.75) is 38.3 Å². The molecule has 21 heavy (non-hydrogen) atoms. The highest BCUT2D eigenvalue weighted by Gasteiger charge is 2.24. The van der Waals surface area contributed by atoms with Crippen LogP contribution in [0.3, 0.4) is 0 Å². The number of nitrogens with zero attached hydrogens (tertiary/aromatic N) is 3. The van der Waals surface area contributed by atoms with Gasteiger partial charge in [0, 0.05) is 0 Å². The first-order chi connectivity index (χ1) is 9.64. The van der Waals surface area contributed by atoms with Crippen molar-refractivity contribution < 1.29 is 14.5 Å². The van der Waals surface area contributed by atoms with Crippen LogP contribution in [-0.4, -0.2) is 32.2 Å². The second kappa shape index (κ2) is 6.68. The van der Waals surface area contributed by atoms with Gasteiger partial charge in [0.25, 0.3) is 0 Å². The van der Waals surface area contributed by atoms with Gasteiger partial charge in [-0.1, -0.05) is 11.8 Å². The summed E-state index contributed by atoms with van der Waals surface area (Å²) in [6.07, 6.45) is 0. The summed E-state index contributed by atoms with van der Waals surface area (Å²) in [5, 5.41) is 11.1. The summed E-state index contributed by atoms with van der Waals surface area (Å²) in [6, 6.07) is 0. The highest BCUT2D eigenvalue weighted by atomic mass is 32.2. The number of thioether (sulfide) groups is 1. The third kappa shape index (κ3) is 5.16. The Kier molecular flexibility index (Phi) is 5.44. The van der Waals surface area contributed by atoms with Crippen LogP contribution in [0.5, 0.6) is 0 Å². The van der Waals surface area contributed by atoms with E-state index < -0.39 is 16.5 Å². The summed E-state index contributed by atoms with van der Waals surface area (Å²) in [5.74, 6) is 4.67. The van der Waals surface area contributed by atoms with E-state index in [0.29, 0.717) is 0 Å². The number of hydrogen-bond donors (Lipinski definition) is 2. The fourth-order valence-electron chi connectivity index (χ4n) is 1.41. The van der Waals surface area contributed by atoms with Crippen molar-refractivity contribution in [2.75, 3.05) is 11.2 Å². The summed E-state index contributed by atoms with van der Waals surface area (Å²) >= 11 is 0.905.